The van der Waals surface area contributed by atoms with Gasteiger partial charge in [0.2, 0.25) is 17.0 Å². The van der Waals surface area contributed by atoms with Crippen molar-refractivity contribution in [3.05, 3.63) is 28.2 Å². The smallest absolute Gasteiger partial charge is 0.305 e. The number of carbonyl (C=O) groups excluding carboxylic acids is 3. The average molecular weight is 736 g/mol. The topological polar surface area (TPSA) is 202 Å². The largest absolute Gasteiger partial charge is 0.481 e. The second kappa shape index (κ2) is 14.5. The summed E-state index contributed by atoms with van der Waals surface area (Å²) >= 11 is 14.5. The van der Waals surface area contributed by atoms with Gasteiger partial charge in [0, 0.05) is 0 Å². The second-order valence-corrected chi connectivity index (χ2v) is 14.8. The molecule has 0 saturated heterocycles. The minimum atomic E-state index is -3.75. The van der Waals surface area contributed by atoms with Crippen molar-refractivity contribution in [3.63, 3.8) is 0 Å². The number of nitrogens with zero attached hydrogens (tertiary/aromatic N) is 4. The van der Waals surface area contributed by atoms with Gasteiger partial charge in [-0.25, -0.2) is 13.1 Å². The van der Waals surface area contributed by atoms with E-state index in [0.29, 0.717) is 14.9 Å². The molecule has 1 aromatic carbocycles. The molecule has 0 fully saturated rings. The number of benzene rings is 1. The molecule has 14 nitrogen and oxygen atoms in total. The van der Waals surface area contributed by atoms with Crippen LogP contribution in [0, 0.1) is 5.92 Å². The molecule has 39 heavy (non-hydrogen) atoms. The third-order valence-electron chi connectivity index (χ3n) is 4.97. The van der Waals surface area contributed by atoms with Crippen LogP contribution >= 0.6 is 56.2 Å². The van der Waals surface area contributed by atoms with Gasteiger partial charge in [0.15, 0.2) is 5.78 Å². The molecule has 0 aliphatic heterocycles. The number of aromatic nitrogens is 4. The van der Waals surface area contributed by atoms with Crippen molar-refractivity contribution in [3.8, 4) is 0 Å². The first-order valence-corrected chi connectivity index (χ1v) is 16.6. The van der Waals surface area contributed by atoms with E-state index in [0.717, 1.165) is 37.6 Å². The Morgan fingerprint density at radius 1 is 1.10 bits per heavy atom. The molecule has 0 aliphatic carbocycles. The number of tetrazole rings is 1. The van der Waals surface area contributed by atoms with Gasteiger partial charge in [-0.05, 0) is 47.2 Å². The lowest BCUT2D eigenvalue weighted by molar-refractivity contribution is -0.140. The van der Waals surface area contributed by atoms with Gasteiger partial charge in [-0.2, -0.15) is 4.72 Å². The number of nitrogens with one attached hydrogen (secondary N) is 3. The third kappa shape index (κ3) is 10.5. The zero-order chi connectivity index (χ0) is 29.5. The Balaban J connectivity index is 2.13. The minimum absolute atomic E-state index is 0.136. The SMILES string of the molecule is CC(C)[C@H](NS(=O)(=O)I)C(=O)N[C@@H](C)C(=O)NC(CC(=O)O)C(=O)Cn1nnnc1Sc1c(Cl)cccc1Cl. The number of Topliss-reactive ketones (excluding diaryl/α,β-unsaturated/α-hetero) is 1. The molecule has 0 bridgehead atoms. The van der Waals surface area contributed by atoms with Gasteiger partial charge in [-0.3, -0.25) is 19.2 Å². The molecular formula is C20H24Cl2IN7O7S2. The van der Waals surface area contributed by atoms with Gasteiger partial charge in [0.1, 0.15) is 18.6 Å². The fourth-order valence-corrected chi connectivity index (χ4v) is 5.96. The summed E-state index contributed by atoms with van der Waals surface area (Å²) in [6, 6.07) is 0.966. The van der Waals surface area contributed by atoms with Crippen molar-refractivity contribution in [1.29, 1.82) is 0 Å². The summed E-state index contributed by atoms with van der Waals surface area (Å²) < 4.78 is 26.4. The highest BCUT2D eigenvalue weighted by Gasteiger charge is 2.31. The highest BCUT2D eigenvalue weighted by Crippen LogP contribution is 2.37. The van der Waals surface area contributed by atoms with Crippen molar-refractivity contribution in [2.75, 3.05) is 0 Å². The monoisotopic (exact) mass is 735 g/mol. The van der Waals surface area contributed by atoms with E-state index in [1.165, 1.54) is 6.92 Å². The zero-order valence-electron chi connectivity index (χ0n) is 20.6. The third-order valence-corrected chi connectivity index (χ3v) is 8.24. The van der Waals surface area contributed by atoms with Crippen molar-refractivity contribution in [2.45, 2.75) is 61.9 Å². The molecule has 19 heteroatoms. The van der Waals surface area contributed by atoms with E-state index in [1.807, 2.05) is 0 Å². The van der Waals surface area contributed by atoms with Gasteiger partial charge in [-0.1, -0.05) is 43.1 Å². The van der Waals surface area contributed by atoms with E-state index in [4.69, 9.17) is 23.2 Å². The highest BCUT2D eigenvalue weighted by atomic mass is 127. The lowest BCUT2D eigenvalue weighted by Crippen LogP contribution is -2.55. The fraction of sp³-hybridized carbons (Fsp3) is 0.450. The van der Waals surface area contributed by atoms with Gasteiger partial charge in [0.05, 0.1) is 48.6 Å². The Hall–Kier alpha value is -2.06. The molecule has 3 atom stereocenters. The molecule has 0 saturated carbocycles. The molecule has 1 aromatic heterocycles. The van der Waals surface area contributed by atoms with E-state index in [2.05, 4.69) is 30.9 Å². The maximum atomic E-state index is 13.0. The summed E-state index contributed by atoms with van der Waals surface area (Å²) in [5, 5.41) is 25.9. The van der Waals surface area contributed by atoms with Gasteiger partial charge in [-0.15, -0.1) is 5.10 Å². The second-order valence-electron chi connectivity index (χ2n) is 8.40. The number of carboxylic acids is 1. The van der Waals surface area contributed by atoms with Crippen molar-refractivity contribution < 1.29 is 32.7 Å². The van der Waals surface area contributed by atoms with Crippen LogP contribution in [0.2, 0.25) is 10.0 Å². The average Bonchev–Trinajstić information content (AvgIpc) is 3.24. The van der Waals surface area contributed by atoms with Crippen LogP contribution in [0.15, 0.2) is 28.3 Å². The standard InChI is InChI=1S/C20H24Cl2IN7O7S2/c1-9(2)16(27-39(23,36)37)19(35)24-10(3)18(34)25-13(7-15(32)33)14(31)8-30-20(26-28-29-30)38-17-11(21)5-4-6-12(17)22/h4-6,9-10,13,16,27H,7-8H2,1-3H3,(H,24,35)(H,25,34)(H,32,33)/t10-,13?,16-/m0/s1. The van der Waals surface area contributed by atoms with Crippen LogP contribution in [-0.4, -0.2) is 75.4 Å². The summed E-state index contributed by atoms with van der Waals surface area (Å²) in [4.78, 5) is 50.2. The number of carbonyl (C=O) groups is 4. The first-order chi connectivity index (χ1) is 18.1. The van der Waals surface area contributed by atoms with Crippen LogP contribution in [0.5, 0.6) is 0 Å². The number of aliphatic carboxylic acids is 1. The molecule has 1 unspecified atom stereocenters. The Bertz CT molecular complexity index is 1320. The Kier molecular flexibility index (Phi) is 12.4. The lowest BCUT2D eigenvalue weighted by Gasteiger charge is -2.24. The Morgan fingerprint density at radius 3 is 2.26 bits per heavy atom. The van der Waals surface area contributed by atoms with Gasteiger partial charge in [0.25, 0.3) is 7.19 Å². The molecule has 2 rings (SSSR count). The summed E-state index contributed by atoms with van der Waals surface area (Å²) in [6.07, 6.45) is -0.755. The van der Waals surface area contributed by atoms with Gasteiger partial charge < -0.3 is 15.7 Å². The molecule has 4 N–H and O–H groups in total. The van der Waals surface area contributed by atoms with E-state index in [1.54, 1.807) is 32.0 Å². The van der Waals surface area contributed by atoms with E-state index >= 15 is 0 Å². The first-order valence-electron chi connectivity index (χ1n) is 11.0. The fourth-order valence-electron chi connectivity index (χ4n) is 3.03. The molecule has 1 heterocycles. The van der Waals surface area contributed by atoms with Crippen LogP contribution in [0.1, 0.15) is 27.2 Å². The molecule has 0 spiro atoms. The van der Waals surface area contributed by atoms with Gasteiger partial charge >= 0.3 is 5.97 Å². The first kappa shape index (κ1) is 33.1. The molecular weight excluding hydrogens is 712 g/mol. The Morgan fingerprint density at radius 2 is 1.72 bits per heavy atom. The number of rotatable bonds is 14. The number of hydrogen-bond donors (Lipinski definition) is 4. The van der Waals surface area contributed by atoms with Crippen molar-refractivity contribution >= 4 is 86.9 Å². The molecule has 214 valence electrons. The normalized spacial score (nSPS) is 13.9. The Labute approximate surface area is 250 Å². The molecule has 2 amide bonds. The number of carboxylic acid groups (broad SMARTS) is 1. The minimum Gasteiger partial charge on any atom is -0.481 e. The van der Waals surface area contributed by atoms with Crippen molar-refractivity contribution in [1.82, 2.24) is 35.6 Å². The summed E-state index contributed by atoms with van der Waals surface area (Å²) in [5.41, 5.74) is 0. The van der Waals surface area contributed by atoms with Crippen molar-refractivity contribution in [2.24, 2.45) is 5.92 Å². The quantitative estimate of drug-likeness (QED) is 0.162. The lowest BCUT2D eigenvalue weighted by atomic mass is 10.0. The van der Waals surface area contributed by atoms with Crippen LogP contribution in [0.25, 0.3) is 0 Å². The van der Waals surface area contributed by atoms with Crippen LogP contribution in [-0.2, 0) is 32.9 Å². The molecule has 0 aliphatic rings. The predicted molar refractivity (Wildman–Crippen MR) is 150 cm³/mol. The zero-order valence-corrected chi connectivity index (χ0v) is 25.9. The maximum Gasteiger partial charge on any atom is 0.305 e. The van der Waals surface area contributed by atoms with E-state index in [-0.39, 0.29) is 5.16 Å². The summed E-state index contributed by atoms with van der Waals surface area (Å²) in [6.45, 7) is 4.02. The summed E-state index contributed by atoms with van der Waals surface area (Å²) in [5.74, 6) is -4.19. The van der Waals surface area contributed by atoms with Crippen LogP contribution in [0.4, 0.5) is 0 Å². The highest BCUT2D eigenvalue weighted by molar-refractivity contribution is 14.2. The predicted octanol–water partition coefficient (Wildman–Crippen LogP) is 1.46. The van der Waals surface area contributed by atoms with Crippen LogP contribution < -0.4 is 15.4 Å². The number of hydrogen-bond acceptors (Lipinski definition) is 10. The summed E-state index contributed by atoms with van der Waals surface area (Å²) in [7, 11) is -3.75. The number of halogens is 3. The number of ketones is 1. The van der Waals surface area contributed by atoms with Crippen LogP contribution in [0.3, 0.4) is 0 Å². The molecule has 2 aromatic rings. The number of amides is 2. The maximum absolute atomic E-state index is 13.0. The van der Waals surface area contributed by atoms with E-state index < -0.39 is 67.8 Å². The van der Waals surface area contributed by atoms with E-state index in [9.17, 15) is 32.7 Å². The molecule has 0 radical (unpaired) electrons.